The lowest BCUT2D eigenvalue weighted by Gasteiger charge is -2.34. The Hall–Kier alpha value is -1.77. The molecular weight excluding hydrogens is 354 g/mol. The predicted octanol–water partition coefficient (Wildman–Crippen LogP) is 4.75. The maximum atomic E-state index is 13.6. The molecule has 0 fully saturated rings. The minimum absolute atomic E-state index is 0.0365. The Kier molecular flexibility index (Phi) is 6.87. The standard InChI is InChI=1S/C16H18F6O3/c1-3-4-10-12(15(17,18)19)25-13(23)14(24-2,16(20,21)22)11-8-6-5-7-9-11/h5-9,12H,3-4,10H2,1-2H3/t12-,14+/m1/s1. The summed E-state index contributed by atoms with van der Waals surface area (Å²) in [4.78, 5) is 12.2. The van der Waals surface area contributed by atoms with Gasteiger partial charge in [0.05, 0.1) is 0 Å². The molecule has 0 spiro atoms. The van der Waals surface area contributed by atoms with Crippen LogP contribution in [0.4, 0.5) is 26.3 Å². The Balaban J connectivity index is 3.29. The smallest absolute Gasteiger partial charge is 0.432 e. The molecule has 0 aromatic heterocycles. The van der Waals surface area contributed by atoms with Gasteiger partial charge in [0.15, 0.2) is 6.10 Å². The fraction of sp³-hybridized carbons (Fsp3) is 0.562. The summed E-state index contributed by atoms with van der Waals surface area (Å²) in [6.45, 7) is 1.61. The number of alkyl halides is 6. The van der Waals surface area contributed by atoms with Crippen molar-refractivity contribution in [3.63, 3.8) is 0 Å². The van der Waals surface area contributed by atoms with E-state index in [2.05, 4.69) is 9.47 Å². The van der Waals surface area contributed by atoms with Gasteiger partial charge in [-0.3, -0.25) is 0 Å². The molecule has 2 atom stereocenters. The van der Waals surface area contributed by atoms with Crippen molar-refractivity contribution in [3.8, 4) is 0 Å². The SMILES string of the molecule is CCCC[C@@H](OC(=O)[C@@](OC)(c1ccccc1)C(F)(F)F)C(F)(F)F. The van der Waals surface area contributed by atoms with Gasteiger partial charge >= 0.3 is 18.3 Å². The number of carbonyl (C=O) groups is 1. The topological polar surface area (TPSA) is 35.5 Å². The van der Waals surface area contributed by atoms with Crippen molar-refractivity contribution in [2.75, 3.05) is 7.11 Å². The quantitative estimate of drug-likeness (QED) is 0.512. The zero-order chi connectivity index (χ0) is 19.3. The first-order chi connectivity index (χ1) is 11.5. The van der Waals surface area contributed by atoms with E-state index in [0.717, 1.165) is 12.1 Å². The van der Waals surface area contributed by atoms with E-state index in [4.69, 9.17) is 0 Å². The van der Waals surface area contributed by atoms with Gasteiger partial charge in [0.1, 0.15) is 0 Å². The Labute approximate surface area is 140 Å². The minimum Gasteiger partial charge on any atom is -0.450 e. The van der Waals surface area contributed by atoms with Gasteiger partial charge in [0.25, 0.3) is 5.60 Å². The average Bonchev–Trinajstić information content (AvgIpc) is 2.51. The van der Waals surface area contributed by atoms with Crippen molar-refractivity contribution in [2.24, 2.45) is 0 Å². The minimum atomic E-state index is -5.32. The fourth-order valence-electron chi connectivity index (χ4n) is 2.28. The van der Waals surface area contributed by atoms with Crippen LogP contribution in [-0.4, -0.2) is 31.5 Å². The third-order valence-electron chi connectivity index (χ3n) is 3.61. The molecule has 142 valence electrons. The molecule has 1 rings (SSSR count). The molecule has 0 heterocycles. The molecule has 0 radical (unpaired) electrons. The van der Waals surface area contributed by atoms with Crippen LogP contribution in [0.1, 0.15) is 31.7 Å². The molecular formula is C16H18F6O3. The van der Waals surface area contributed by atoms with Crippen LogP contribution >= 0.6 is 0 Å². The summed E-state index contributed by atoms with van der Waals surface area (Å²) in [6.07, 6.45) is -13.2. The van der Waals surface area contributed by atoms with Crippen LogP contribution in [-0.2, 0) is 19.9 Å². The van der Waals surface area contributed by atoms with Crippen LogP contribution in [0.2, 0.25) is 0 Å². The van der Waals surface area contributed by atoms with Gasteiger partial charge in [0.2, 0.25) is 0 Å². The summed E-state index contributed by atoms with van der Waals surface area (Å²) in [5.74, 6) is -2.15. The number of esters is 1. The van der Waals surface area contributed by atoms with Crippen molar-refractivity contribution in [1.29, 1.82) is 0 Å². The average molecular weight is 372 g/mol. The number of rotatable bonds is 7. The van der Waals surface area contributed by atoms with E-state index in [-0.39, 0.29) is 6.42 Å². The van der Waals surface area contributed by atoms with Gasteiger partial charge in [-0.25, -0.2) is 4.79 Å². The van der Waals surface area contributed by atoms with E-state index in [1.165, 1.54) is 18.2 Å². The molecule has 0 N–H and O–H groups in total. The number of halogens is 6. The predicted molar refractivity (Wildman–Crippen MR) is 76.6 cm³/mol. The molecule has 3 nitrogen and oxygen atoms in total. The molecule has 0 saturated heterocycles. The molecule has 0 unspecified atom stereocenters. The van der Waals surface area contributed by atoms with E-state index in [9.17, 15) is 31.1 Å². The van der Waals surface area contributed by atoms with Crippen molar-refractivity contribution in [2.45, 2.75) is 50.2 Å². The molecule has 9 heteroatoms. The van der Waals surface area contributed by atoms with E-state index < -0.39 is 42.0 Å². The van der Waals surface area contributed by atoms with E-state index >= 15 is 0 Å². The van der Waals surface area contributed by atoms with Gasteiger partial charge in [-0.2, -0.15) is 26.3 Å². The highest BCUT2D eigenvalue weighted by atomic mass is 19.4. The van der Waals surface area contributed by atoms with Crippen LogP contribution in [0.15, 0.2) is 30.3 Å². The van der Waals surface area contributed by atoms with Crippen LogP contribution in [0.5, 0.6) is 0 Å². The Morgan fingerprint density at radius 3 is 2.04 bits per heavy atom. The monoisotopic (exact) mass is 372 g/mol. The first-order valence-corrected chi connectivity index (χ1v) is 7.45. The summed E-state index contributed by atoms with van der Waals surface area (Å²) in [5.41, 5.74) is -4.30. The summed E-state index contributed by atoms with van der Waals surface area (Å²) < 4.78 is 88.4. The first kappa shape index (κ1) is 21.3. The van der Waals surface area contributed by atoms with Crippen LogP contribution in [0, 0.1) is 0 Å². The van der Waals surface area contributed by atoms with Crippen molar-refractivity contribution < 1.29 is 40.6 Å². The second-order valence-corrected chi connectivity index (χ2v) is 5.33. The highest BCUT2D eigenvalue weighted by Crippen LogP contribution is 2.44. The maximum absolute atomic E-state index is 13.6. The summed E-state index contributed by atoms with van der Waals surface area (Å²) in [7, 11) is 0.594. The third kappa shape index (κ3) is 4.65. The number of benzene rings is 1. The first-order valence-electron chi connectivity index (χ1n) is 7.45. The molecule has 25 heavy (non-hydrogen) atoms. The normalized spacial score (nSPS) is 16.2. The highest BCUT2D eigenvalue weighted by molar-refractivity contribution is 5.82. The Morgan fingerprint density at radius 2 is 1.64 bits per heavy atom. The molecule has 1 aromatic rings. The number of hydrogen-bond acceptors (Lipinski definition) is 3. The van der Waals surface area contributed by atoms with Gasteiger partial charge in [0, 0.05) is 12.7 Å². The molecule has 1 aromatic carbocycles. The van der Waals surface area contributed by atoms with Crippen molar-refractivity contribution in [1.82, 2.24) is 0 Å². The number of carbonyl (C=O) groups excluding carboxylic acids is 1. The van der Waals surface area contributed by atoms with Crippen molar-refractivity contribution in [3.05, 3.63) is 35.9 Å². The molecule has 0 amide bonds. The Bertz CT molecular complexity index is 555. The zero-order valence-corrected chi connectivity index (χ0v) is 13.6. The fourth-order valence-corrected chi connectivity index (χ4v) is 2.28. The lowest BCUT2D eigenvalue weighted by atomic mass is 9.92. The molecule has 0 saturated carbocycles. The number of methoxy groups -OCH3 is 1. The molecule has 0 aliphatic rings. The number of ether oxygens (including phenoxy) is 2. The summed E-state index contributed by atoms with van der Waals surface area (Å²) >= 11 is 0. The van der Waals surface area contributed by atoms with Crippen molar-refractivity contribution >= 4 is 5.97 Å². The lowest BCUT2D eigenvalue weighted by molar-refractivity contribution is -0.288. The Morgan fingerprint density at radius 1 is 1.08 bits per heavy atom. The molecule has 0 aliphatic carbocycles. The van der Waals surface area contributed by atoms with E-state index in [0.29, 0.717) is 13.5 Å². The van der Waals surface area contributed by atoms with Gasteiger partial charge in [-0.05, 0) is 12.8 Å². The maximum Gasteiger partial charge on any atom is 0.432 e. The lowest BCUT2D eigenvalue weighted by Crippen LogP contribution is -2.53. The van der Waals surface area contributed by atoms with E-state index in [1.54, 1.807) is 6.92 Å². The van der Waals surface area contributed by atoms with Crippen LogP contribution in [0.3, 0.4) is 0 Å². The van der Waals surface area contributed by atoms with Gasteiger partial charge in [-0.15, -0.1) is 0 Å². The highest BCUT2D eigenvalue weighted by Gasteiger charge is 2.65. The zero-order valence-electron chi connectivity index (χ0n) is 13.6. The van der Waals surface area contributed by atoms with Gasteiger partial charge in [-0.1, -0.05) is 43.7 Å². The largest absolute Gasteiger partial charge is 0.450 e. The van der Waals surface area contributed by atoms with E-state index in [1.807, 2.05) is 0 Å². The van der Waals surface area contributed by atoms with Crippen LogP contribution < -0.4 is 0 Å². The number of hydrogen-bond donors (Lipinski definition) is 0. The summed E-state index contributed by atoms with van der Waals surface area (Å²) in [6, 6.07) is 5.69. The van der Waals surface area contributed by atoms with Gasteiger partial charge < -0.3 is 9.47 Å². The molecule has 0 aliphatic heterocycles. The summed E-state index contributed by atoms with van der Waals surface area (Å²) in [5, 5.41) is 0. The molecule has 0 bridgehead atoms. The number of unbranched alkanes of at least 4 members (excludes halogenated alkanes) is 1. The van der Waals surface area contributed by atoms with Crippen LogP contribution in [0.25, 0.3) is 0 Å². The second-order valence-electron chi connectivity index (χ2n) is 5.33. The third-order valence-corrected chi connectivity index (χ3v) is 3.61. The second kappa shape index (κ2) is 8.07.